The average molecular weight is 241 g/mol. The lowest BCUT2D eigenvalue weighted by Crippen LogP contribution is -2.21. The van der Waals surface area contributed by atoms with Crippen LogP contribution in [0.3, 0.4) is 0 Å². The molecule has 0 unspecified atom stereocenters. The largest absolute Gasteiger partial charge is 0.382 e. The number of amidine groups is 1. The molecular formula is C13H15N5. The van der Waals surface area contributed by atoms with E-state index in [4.69, 9.17) is 11.1 Å². The average Bonchev–Trinajstić information content (AvgIpc) is 2.38. The highest BCUT2D eigenvalue weighted by molar-refractivity contribution is 5.98. The van der Waals surface area contributed by atoms with E-state index in [1.807, 2.05) is 43.1 Å². The summed E-state index contributed by atoms with van der Waals surface area (Å²) >= 11 is 0. The predicted molar refractivity (Wildman–Crippen MR) is 72.3 cm³/mol. The smallest absolute Gasteiger partial charge is 0.162 e. The molecule has 0 saturated heterocycles. The zero-order valence-electron chi connectivity index (χ0n) is 10.4. The third-order valence-corrected chi connectivity index (χ3v) is 2.73. The quantitative estimate of drug-likeness (QED) is 0.634. The first-order valence-electron chi connectivity index (χ1n) is 5.56. The summed E-state index contributed by atoms with van der Waals surface area (Å²) in [5.74, 6) is 0.498. The van der Waals surface area contributed by atoms with Crippen molar-refractivity contribution in [2.75, 3.05) is 11.9 Å². The molecule has 0 aliphatic heterocycles. The molecule has 18 heavy (non-hydrogen) atoms. The summed E-state index contributed by atoms with van der Waals surface area (Å²) < 4.78 is 0. The van der Waals surface area contributed by atoms with Gasteiger partial charge in [0.05, 0.1) is 0 Å². The number of benzene rings is 1. The number of nitrogens with zero attached hydrogens (tertiary/aromatic N) is 3. The second kappa shape index (κ2) is 4.83. The summed E-state index contributed by atoms with van der Waals surface area (Å²) in [4.78, 5) is 10.2. The van der Waals surface area contributed by atoms with E-state index < -0.39 is 0 Å². The molecule has 1 aromatic heterocycles. The molecule has 1 heterocycles. The van der Waals surface area contributed by atoms with Gasteiger partial charge in [-0.15, -0.1) is 0 Å². The first-order chi connectivity index (χ1) is 8.61. The molecular weight excluding hydrogens is 226 g/mol. The lowest BCUT2D eigenvalue weighted by atomic mass is 10.2. The van der Waals surface area contributed by atoms with Gasteiger partial charge in [-0.05, 0) is 18.6 Å². The van der Waals surface area contributed by atoms with Gasteiger partial charge in [-0.3, -0.25) is 5.41 Å². The Morgan fingerprint density at radius 3 is 2.56 bits per heavy atom. The van der Waals surface area contributed by atoms with Crippen LogP contribution in [-0.4, -0.2) is 22.9 Å². The summed E-state index contributed by atoms with van der Waals surface area (Å²) in [6, 6.07) is 7.96. The third kappa shape index (κ3) is 2.15. The summed E-state index contributed by atoms with van der Waals surface area (Å²) in [6.45, 7) is 2.02. The number of nitrogens with two attached hydrogens (primary N) is 1. The van der Waals surface area contributed by atoms with E-state index >= 15 is 0 Å². The molecule has 0 spiro atoms. The highest BCUT2D eigenvalue weighted by Gasteiger charge is 2.14. The Hall–Kier alpha value is -2.43. The summed E-state index contributed by atoms with van der Waals surface area (Å²) in [5.41, 5.74) is 8.05. The van der Waals surface area contributed by atoms with Crippen molar-refractivity contribution in [3.8, 4) is 0 Å². The Morgan fingerprint density at radius 1 is 1.22 bits per heavy atom. The van der Waals surface area contributed by atoms with Gasteiger partial charge in [0, 0.05) is 25.1 Å². The third-order valence-electron chi connectivity index (χ3n) is 2.73. The summed E-state index contributed by atoms with van der Waals surface area (Å²) in [6.07, 6.45) is 3.13. The number of para-hydroxylation sites is 1. The zero-order chi connectivity index (χ0) is 13.1. The first kappa shape index (κ1) is 12.0. The molecule has 92 valence electrons. The fourth-order valence-corrected chi connectivity index (χ4v) is 1.82. The van der Waals surface area contributed by atoms with Crippen molar-refractivity contribution in [1.82, 2.24) is 9.97 Å². The molecule has 0 atom stereocenters. The minimum Gasteiger partial charge on any atom is -0.382 e. The molecule has 0 radical (unpaired) electrons. The van der Waals surface area contributed by atoms with Crippen LogP contribution < -0.4 is 10.6 Å². The Labute approximate surface area is 106 Å². The van der Waals surface area contributed by atoms with Crippen LogP contribution in [-0.2, 0) is 0 Å². The second-order valence-electron chi connectivity index (χ2n) is 3.99. The molecule has 0 amide bonds. The van der Waals surface area contributed by atoms with Crippen LogP contribution in [0.15, 0.2) is 36.7 Å². The van der Waals surface area contributed by atoms with Gasteiger partial charge in [-0.25, -0.2) is 9.97 Å². The number of nitrogens with one attached hydrogen (secondary N) is 1. The first-order valence-corrected chi connectivity index (χ1v) is 5.56. The fourth-order valence-electron chi connectivity index (χ4n) is 1.82. The maximum absolute atomic E-state index is 7.53. The van der Waals surface area contributed by atoms with Crippen LogP contribution in [0.25, 0.3) is 0 Å². The standard InChI is InChI=1S/C13H15N5/c1-9-5-3-4-6-10(9)18(2)13-11(12(14)15)16-7-8-17-13/h3-8H,1-2H3,(H3,14,15). The van der Waals surface area contributed by atoms with E-state index in [0.29, 0.717) is 11.5 Å². The van der Waals surface area contributed by atoms with E-state index in [1.54, 1.807) is 6.20 Å². The Kier molecular flexibility index (Phi) is 3.23. The van der Waals surface area contributed by atoms with Crippen molar-refractivity contribution in [3.05, 3.63) is 47.9 Å². The number of hydrogen-bond acceptors (Lipinski definition) is 4. The van der Waals surface area contributed by atoms with Crippen LogP contribution >= 0.6 is 0 Å². The van der Waals surface area contributed by atoms with Gasteiger partial charge in [0.25, 0.3) is 0 Å². The molecule has 1 aromatic carbocycles. The van der Waals surface area contributed by atoms with Gasteiger partial charge in [0.2, 0.25) is 0 Å². The van der Waals surface area contributed by atoms with E-state index in [1.165, 1.54) is 6.20 Å². The van der Waals surface area contributed by atoms with Gasteiger partial charge in [-0.1, -0.05) is 18.2 Å². The van der Waals surface area contributed by atoms with Crippen molar-refractivity contribution in [3.63, 3.8) is 0 Å². The van der Waals surface area contributed by atoms with E-state index in [0.717, 1.165) is 11.3 Å². The molecule has 5 nitrogen and oxygen atoms in total. The lowest BCUT2D eigenvalue weighted by Gasteiger charge is -2.21. The lowest BCUT2D eigenvalue weighted by molar-refractivity contribution is 1.06. The van der Waals surface area contributed by atoms with Crippen molar-refractivity contribution < 1.29 is 0 Å². The van der Waals surface area contributed by atoms with Gasteiger partial charge in [0.1, 0.15) is 11.5 Å². The van der Waals surface area contributed by atoms with Crippen LogP contribution in [0.1, 0.15) is 11.3 Å². The minimum atomic E-state index is -0.0847. The number of anilines is 2. The van der Waals surface area contributed by atoms with Crippen molar-refractivity contribution in [2.24, 2.45) is 5.73 Å². The SMILES string of the molecule is Cc1ccccc1N(C)c1nccnc1C(=N)N. The van der Waals surface area contributed by atoms with Gasteiger partial charge >= 0.3 is 0 Å². The highest BCUT2D eigenvalue weighted by atomic mass is 15.2. The Bertz CT molecular complexity index is 579. The summed E-state index contributed by atoms with van der Waals surface area (Å²) in [7, 11) is 1.89. The highest BCUT2D eigenvalue weighted by Crippen LogP contribution is 2.26. The number of aromatic nitrogens is 2. The van der Waals surface area contributed by atoms with Gasteiger partial charge in [0.15, 0.2) is 5.82 Å². The maximum Gasteiger partial charge on any atom is 0.162 e. The van der Waals surface area contributed by atoms with Gasteiger partial charge in [-0.2, -0.15) is 0 Å². The number of nitrogen functional groups attached to an aromatic ring is 1. The van der Waals surface area contributed by atoms with Crippen LogP contribution in [0.4, 0.5) is 11.5 Å². The number of aryl methyl sites for hydroxylation is 1. The molecule has 3 N–H and O–H groups in total. The molecule has 0 saturated carbocycles. The summed E-state index contributed by atoms with van der Waals surface area (Å²) in [5, 5.41) is 7.53. The topological polar surface area (TPSA) is 78.9 Å². The molecule has 0 aliphatic rings. The van der Waals surface area contributed by atoms with E-state index in [-0.39, 0.29) is 5.84 Å². The maximum atomic E-state index is 7.53. The molecule has 2 rings (SSSR count). The molecule has 0 bridgehead atoms. The van der Waals surface area contributed by atoms with E-state index in [2.05, 4.69) is 9.97 Å². The predicted octanol–water partition coefficient (Wildman–Crippen LogP) is 1.84. The van der Waals surface area contributed by atoms with E-state index in [9.17, 15) is 0 Å². The zero-order valence-corrected chi connectivity index (χ0v) is 10.4. The van der Waals surface area contributed by atoms with Crippen LogP contribution in [0.5, 0.6) is 0 Å². The molecule has 0 aliphatic carbocycles. The van der Waals surface area contributed by atoms with Gasteiger partial charge < -0.3 is 10.6 Å². The fraction of sp³-hybridized carbons (Fsp3) is 0.154. The minimum absolute atomic E-state index is 0.0847. The molecule has 2 aromatic rings. The number of rotatable bonds is 3. The van der Waals surface area contributed by atoms with Crippen LogP contribution in [0.2, 0.25) is 0 Å². The Morgan fingerprint density at radius 2 is 1.89 bits per heavy atom. The van der Waals surface area contributed by atoms with Crippen molar-refractivity contribution in [1.29, 1.82) is 5.41 Å². The molecule has 5 heteroatoms. The van der Waals surface area contributed by atoms with Crippen molar-refractivity contribution >= 4 is 17.3 Å². The van der Waals surface area contributed by atoms with Crippen LogP contribution in [0, 0.1) is 12.3 Å². The van der Waals surface area contributed by atoms with Crippen molar-refractivity contribution in [2.45, 2.75) is 6.92 Å². The second-order valence-corrected chi connectivity index (χ2v) is 3.99. The monoisotopic (exact) mass is 241 g/mol. The molecule has 0 fully saturated rings. The normalized spacial score (nSPS) is 10.1. The number of hydrogen-bond donors (Lipinski definition) is 2. The Balaban J connectivity index is 2.50.